The number of fused-ring (bicyclic) bond motifs is 1. The van der Waals surface area contributed by atoms with E-state index in [-0.39, 0.29) is 5.91 Å². The van der Waals surface area contributed by atoms with Gasteiger partial charge >= 0.3 is 0 Å². The minimum atomic E-state index is -0.347. The standard InChI is InChI=1S/C20H20N4OS/c1-3-14-9-6-7-13(2)18(14)22-20(26)24-23-19(25)17-12-11-15-8-4-5-10-16(15)21-17/h4-12H,3H2,1-2H3,(H,23,25)(H2,22,24,26). The number of thiocarbonyl (C=S) groups is 1. The fourth-order valence-electron chi connectivity index (χ4n) is 2.72. The predicted octanol–water partition coefficient (Wildman–Crippen LogP) is 3.74. The minimum absolute atomic E-state index is 0.322. The summed E-state index contributed by atoms with van der Waals surface area (Å²) in [4.78, 5) is 16.7. The smallest absolute Gasteiger partial charge is 0.288 e. The summed E-state index contributed by atoms with van der Waals surface area (Å²) in [7, 11) is 0. The van der Waals surface area contributed by atoms with E-state index in [2.05, 4.69) is 34.1 Å². The highest BCUT2D eigenvalue weighted by atomic mass is 32.1. The van der Waals surface area contributed by atoms with Gasteiger partial charge in [0, 0.05) is 11.1 Å². The van der Waals surface area contributed by atoms with Crippen molar-refractivity contribution in [2.24, 2.45) is 0 Å². The number of carbonyl (C=O) groups excluding carboxylic acids is 1. The molecule has 132 valence electrons. The van der Waals surface area contributed by atoms with Gasteiger partial charge < -0.3 is 5.32 Å². The van der Waals surface area contributed by atoms with Gasteiger partial charge in [-0.2, -0.15) is 0 Å². The molecule has 2 aromatic carbocycles. The molecule has 0 atom stereocenters. The van der Waals surface area contributed by atoms with E-state index in [1.807, 2.05) is 49.4 Å². The van der Waals surface area contributed by atoms with Gasteiger partial charge in [-0.3, -0.25) is 15.6 Å². The monoisotopic (exact) mass is 364 g/mol. The number of rotatable bonds is 3. The van der Waals surface area contributed by atoms with Gasteiger partial charge in [-0.15, -0.1) is 0 Å². The molecule has 0 fully saturated rings. The van der Waals surface area contributed by atoms with Crippen molar-refractivity contribution in [3.63, 3.8) is 0 Å². The summed E-state index contributed by atoms with van der Waals surface area (Å²) in [5.74, 6) is -0.347. The summed E-state index contributed by atoms with van der Waals surface area (Å²) < 4.78 is 0. The number of amides is 1. The molecule has 1 aromatic heterocycles. The van der Waals surface area contributed by atoms with Crippen LogP contribution < -0.4 is 16.2 Å². The van der Waals surface area contributed by atoms with Gasteiger partial charge in [0.25, 0.3) is 5.91 Å². The summed E-state index contributed by atoms with van der Waals surface area (Å²) in [6.45, 7) is 4.10. The van der Waals surface area contributed by atoms with Crippen LogP contribution in [0.1, 0.15) is 28.5 Å². The summed E-state index contributed by atoms with van der Waals surface area (Å²) in [5.41, 5.74) is 9.64. The first kappa shape index (κ1) is 17.8. The van der Waals surface area contributed by atoms with Crippen LogP contribution in [-0.4, -0.2) is 16.0 Å². The topological polar surface area (TPSA) is 66.0 Å². The van der Waals surface area contributed by atoms with Crippen LogP contribution in [0.15, 0.2) is 54.6 Å². The van der Waals surface area contributed by atoms with Crippen LogP contribution in [0.25, 0.3) is 10.9 Å². The summed E-state index contributed by atoms with van der Waals surface area (Å²) in [5, 5.41) is 4.46. The molecule has 1 amide bonds. The molecule has 3 rings (SSSR count). The molecule has 0 radical (unpaired) electrons. The average Bonchev–Trinajstić information content (AvgIpc) is 2.67. The molecule has 3 aromatic rings. The number of hydrogen-bond acceptors (Lipinski definition) is 3. The number of carbonyl (C=O) groups is 1. The predicted molar refractivity (Wildman–Crippen MR) is 109 cm³/mol. The Bertz CT molecular complexity index is 971. The van der Waals surface area contributed by atoms with Crippen molar-refractivity contribution in [1.82, 2.24) is 15.8 Å². The van der Waals surface area contributed by atoms with E-state index in [1.165, 1.54) is 0 Å². The first-order valence-corrected chi connectivity index (χ1v) is 8.81. The van der Waals surface area contributed by atoms with E-state index in [9.17, 15) is 4.79 Å². The molecule has 0 aliphatic heterocycles. The third kappa shape index (κ3) is 3.97. The van der Waals surface area contributed by atoms with Crippen LogP contribution in [0.4, 0.5) is 5.69 Å². The van der Waals surface area contributed by atoms with Gasteiger partial charge in [-0.25, -0.2) is 4.98 Å². The second-order valence-corrected chi connectivity index (χ2v) is 6.29. The van der Waals surface area contributed by atoms with Crippen molar-refractivity contribution < 1.29 is 4.79 Å². The first-order chi connectivity index (χ1) is 12.6. The number of benzene rings is 2. The number of pyridine rings is 1. The Morgan fingerprint density at radius 3 is 2.65 bits per heavy atom. The lowest BCUT2D eigenvalue weighted by atomic mass is 10.1. The lowest BCUT2D eigenvalue weighted by molar-refractivity contribution is 0.0939. The summed E-state index contributed by atoms with van der Waals surface area (Å²) >= 11 is 5.29. The first-order valence-electron chi connectivity index (χ1n) is 8.40. The molecule has 6 heteroatoms. The number of aromatic nitrogens is 1. The van der Waals surface area contributed by atoms with Gasteiger partial charge in [0.1, 0.15) is 5.69 Å². The molecule has 0 unspecified atom stereocenters. The Balaban J connectivity index is 1.64. The van der Waals surface area contributed by atoms with E-state index in [0.29, 0.717) is 10.8 Å². The van der Waals surface area contributed by atoms with Crippen LogP contribution in [0.5, 0.6) is 0 Å². The zero-order valence-electron chi connectivity index (χ0n) is 14.7. The number of nitrogens with zero attached hydrogens (tertiary/aromatic N) is 1. The number of para-hydroxylation sites is 2. The molecule has 0 bridgehead atoms. The molecule has 0 spiro atoms. The Kier molecular flexibility index (Phi) is 5.43. The third-order valence-corrected chi connectivity index (χ3v) is 4.30. The van der Waals surface area contributed by atoms with E-state index in [0.717, 1.165) is 34.1 Å². The second kappa shape index (κ2) is 7.93. The number of nitrogens with one attached hydrogen (secondary N) is 3. The third-order valence-electron chi connectivity index (χ3n) is 4.10. The van der Waals surface area contributed by atoms with Crippen molar-refractivity contribution in [3.05, 3.63) is 71.4 Å². The highest BCUT2D eigenvalue weighted by Crippen LogP contribution is 2.20. The Morgan fingerprint density at radius 1 is 1.04 bits per heavy atom. The molecular weight excluding hydrogens is 344 g/mol. The van der Waals surface area contributed by atoms with Crippen LogP contribution in [0.2, 0.25) is 0 Å². The highest BCUT2D eigenvalue weighted by Gasteiger charge is 2.10. The maximum atomic E-state index is 12.3. The highest BCUT2D eigenvalue weighted by molar-refractivity contribution is 7.80. The molecule has 3 N–H and O–H groups in total. The quantitative estimate of drug-likeness (QED) is 0.488. The largest absolute Gasteiger partial charge is 0.331 e. The fraction of sp³-hybridized carbons (Fsp3) is 0.150. The molecule has 0 saturated heterocycles. The molecular formula is C20H20N4OS. The second-order valence-electron chi connectivity index (χ2n) is 5.89. The van der Waals surface area contributed by atoms with Gasteiger partial charge in [-0.1, -0.05) is 49.4 Å². The van der Waals surface area contributed by atoms with Crippen molar-refractivity contribution in [2.75, 3.05) is 5.32 Å². The zero-order valence-corrected chi connectivity index (χ0v) is 15.5. The fourth-order valence-corrected chi connectivity index (χ4v) is 2.87. The van der Waals surface area contributed by atoms with Crippen molar-refractivity contribution in [1.29, 1.82) is 0 Å². The lowest BCUT2D eigenvalue weighted by Gasteiger charge is -2.16. The van der Waals surface area contributed by atoms with Crippen molar-refractivity contribution in [3.8, 4) is 0 Å². The Hall–Kier alpha value is -2.99. The van der Waals surface area contributed by atoms with Crippen molar-refractivity contribution in [2.45, 2.75) is 20.3 Å². The van der Waals surface area contributed by atoms with Gasteiger partial charge in [0.2, 0.25) is 0 Å². The van der Waals surface area contributed by atoms with Crippen LogP contribution in [-0.2, 0) is 6.42 Å². The van der Waals surface area contributed by atoms with Crippen LogP contribution in [0, 0.1) is 6.92 Å². The van der Waals surface area contributed by atoms with E-state index >= 15 is 0 Å². The molecule has 0 saturated carbocycles. The van der Waals surface area contributed by atoms with E-state index in [1.54, 1.807) is 6.07 Å². The SMILES string of the molecule is CCc1cccc(C)c1NC(=S)NNC(=O)c1ccc2ccccc2n1. The van der Waals surface area contributed by atoms with Gasteiger partial charge in [-0.05, 0) is 48.8 Å². The Labute approximate surface area is 157 Å². The number of hydrazine groups is 1. The van der Waals surface area contributed by atoms with E-state index < -0.39 is 0 Å². The van der Waals surface area contributed by atoms with E-state index in [4.69, 9.17) is 12.2 Å². The van der Waals surface area contributed by atoms with Gasteiger partial charge in [0.05, 0.1) is 5.52 Å². The summed E-state index contributed by atoms with van der Waals surface area (Å²) in [6.07, 6.45) is 0.889. The maximum Gasteiger partial charge on any atom is 0.288 e. The van der Waals surface area contributed by atoms with Crippen LogP contribution >= 0.6 is 12.2 Å². The normalized spacial score (nSPS) is 10.4. The zero-order chi connectivity index (χ0) is 18.5. The molecule has 0 aliphatic rings. The molecule has 5 nitrogen and oxygen atoms in total. The van der Waals surface area contributed by atoms with Crippen LogP contribution in [0.3, 0.4) is 0 Å². The average molecular weight is 364 g/mol. The molecule has 26 heavy (non-hydrogen) atoms. The molecule has 0 aliphatic carbocycles. The minimum Gasteiger partial charge on any atom is -0.331 e. The molecule has 1 heterocycles. The summed E-state index contributed by atoms with van der Waals surface area (Å²) in [6, 6.07) is 17.3. The number of aryl methyl sites for hydroxylation is 2. The van der Waals surface area contributed by atoms with Crippen molar-refractivity contribution >= 4 is 39.8 Å². The van der Waals surface area contributed by atoms with Gasteiger partial charge in [0.15, 0.2) is 5.11 Å². The lowest BCUT2D eigenvalue weighted by Crippen LogP contribution is -2.44. The Morgan fingerprint density at radius 2 is 1.85 bits per heavy atom. The number of hydrogen-bond donors (Lipinski definition) is 3. The number of anilines is 1. The maximum absolute atomic E-state index is 12.3.